The first-order chi connectivity index (χ1) is 12.0. The number of nitrogens with one attached hydrogen (secondary N) is 2. The van der Waals surface area contributed by atoms with Gasteiger partial charge in [0.25, 0.3) is 5.91 Å². The predicted molar refractivity (Wildman–Crippen MR) is 95.2 cm³/mol. The summed E-state index contributed by atoms with van der Waals surface area (Å²) >= 11 is 0. The normalized spacial score (nSPS) is 12.0. The third-order valence-corrected chi connectivity index (χ3v) is 4.10. The third-order valence-electron chi connectivity index (χ3n) is 4.10. The van der Waals surface area contributed by atoms with E-state index in [1.165, 1.54) is 16.5 Å². The molecule has 0 unspecified atom stereocenters. The van der Waals surface area contributed by atoms with Gasteiger partial charge in [-0.25, -0.2) is 4.39 Å². The molecule has 2 aromatic rings. The minimum Gasteiger partial charge on any atom is -0.497 e. The number of hydrogen-bond donors (Lipinski definition) is 3. The number of carbonyl (C=O) groups excluding carboxylic acids is 1. The summed E-state index contributed by atoms with van der Waals surface area (Å²) in [4.78, 5) is 13.3. The highest BCUT2D eigenvalue weighted by Gasteiger charge is 2.20. The van der Waals surface area contributed by atoms with Crippen LogP contribution in [0.5, 0.6) is 5.75 Å². The molecule has 0 spiro atoms. The number of halogens is 1. The van der Waals surface area contributed by atoms with E-state index in [0.29, 0.717) is 0 Å². The maximum absolute atomic E-state index is 13.6. The van der Waals surface area contributed by atoms with Crippen LogP contribution in [0.25, 0.3) is 0 Å². The average molecular weight is 347 g/mol. The van der Waals surface area contributed by atoms with Crippen LogP contribution in [0.1, 0.15) is 11.6 Å². The molecule has 0 bridgehead atoms. The molecule has 0 radical (unpaired) electrons. The first kappa shape index (κ1) is 18.9. The molecule has 1 atom stereocenters. The van der Waals surface area contributed by atoms with E-state index in [2.05, 4.69) is 19.4 Å². The van der Waals surface area contributed by atoms with E-state index in [-0.39, 0.29) is 24.2 Å². The molecule has 2 rings (SSSR count). The molecule has 4 N–H and O–H groups in total. The van der Waals surface area contributed by atoms with Crippen molar-refractivity contribution < 1.29 is 24.1 Å². The van der Waals surface area contributed by atoms with Gasteiger partial charge in [-0.05, 0) is 36.4 Å². The summed E-state index contributed by atoms with van der Waals surface area (Å²) < 4.78 is 18.7. The van der Waals surface area contributed by atoms with Gasteiger partial charge in [-0.2, -0.15) is 0 Å². The van der Waals surface area contributed by atoms with Crippen molar-refractivity contribution in [3.8, 4) is 5.75 Å². The minimum atomic E-state index is -0.426. The number of ether oxygens (including phenoxy) is 1. The quantitative estimate of drug-likeness (QED) is 0.640. The molecule has 2 aromatic carbocycles. The summed E-state index contributed by atoms with van der Waals surface area (Å²) in [5.74, 6) is 0.182. The van der Waals surface area contributed by atoms with Crippen molar-refractivity contribution in [1.82, 2.24) is 0 Å². The maximum Gasteiger partial charge on any atom is 0.279 e. The summed E-state index contributed by atoms with van der Waals surface area (Å²) in [6.45, 7) is 0.994. The lowest BCUT2D eigenvalue weighted by Crippen LogP contribution is -3.09. The lowest BCUT2D eigenvalue weighted by molar-refractivity contribution is -0.908. The van der Waals surface area contributed by atoms with Crippen molar-refractivity contribution >= 4 is 11.6 Å². The van der Waals surface area contributed by atoms with Crippen molar-refractivity contribution in [2.75, 3.05) is 39.6 Å². The molecule has 6 heteroatoms. The van der Waals surface area contributed by atoms with Gasteiger partial charge in [-0.15, -0.1) is 0 Å². The van der Waals surface area contributed by atoms with Crippen LogP contribution in [-0.2, 0) is 4.79 Å². The molecule has 5 nitrogen and oxygen atoms in total. The zero-order valence-electron chi connectivity index (χ0n) is 14.9. The summed E-state index contributed by atoms with van der Waals surface area (Å²) in [6, 6.07) is 14.4. The number of nitrogens with two attached hydrogens (primary N) is 1. The number of rotatable bonds is 8. The van der Waals surface area contributed by atoms with Crippen LogP contribution in [-0.4, -0.2) is 40.2 Å². The molecule has 1 amide bonds. The zero-order chi connectivity index (χ0) is 18.2. The van der Waals surface area contributed by atoms with Gasteiger partial charge in [-0.3, -0.25) is 4.79 Å². The molecule has 25 heavy (non-hydrogen) atoms. The predicted octanol–water partition coefficient (Wildman–Crippen LogP) is 0.222. The van der Waals surface area contributed by atoms with Crippen LogP contribution in [0.3, 0.4) is 0 Å². The Hall–Kier alpha value is -2.44. The second kappa shape index (κ2) is 9.15. The van der Waals surface area contributed by atoms with Gasteiger partial charge in [-0.1, -0.05) is 12.1 Å². The van der Waals surface area contributed by atoms with Gasteiger partial charge in [0.1, 0.15) is 18.1 Å². The van der Waals surface area contributed by atoms with E-state index in [1.54, 1.807) is 25.3 Å². The topological polar surface area (TPSA) is 59.4 Å². The van der Waals surface area contributed by atoms with Crippen LogP contribution in [0, 0.1) is 5.82 Å². The summed E-state index contributed by atoms with van der Waals surface area (Å²) in [7, 11) is 5.82. The van der Waals surface area contributed by atoms with E-state index in [0.717, 1.165) is 12.3 Å². The standard InChI is InChI=1S/C19H24FN3O2/c1-23(2)18(14-8-10-15(25-3)11-9-14)12-21-13-19(24)22-17-7-5-4-6-16(17)20/h4-11,18,21H,12-13H2,1-3H3,(H,22,24)/p+2/t18-/m1/s1. The highest BCUT2D eigenvalue weighted by atomic mass is 19.1. The van der Waals surface area contributed by atoms with Crippen molar-refractivity contribution in [3.05, 3.63) is 59.9 Å². The Morgan fingerprint density at radius 1 is 1.20 bits per heavy atom. The minimum absolute atomic E-state index is 0.214. The smallest absolute Gasteiger partial charge is 0.279 e. The van der Waals surface area contributed by atoms with Gasteiger partial charge in [0.05, 0.1) is 26.9 Å². The number of methoxy groups -OCH3 is 1. The molecule has 0 aliphatic heterocycles. The van der Waals surface area contributed by atoms with Crippen molar-refractivity contribution in [2.24, 2.45) is 0 Å². The van der Waals surface area contributed by atoms with Crippen LogP contribution in [0.15, 0.2) is 48.5 Å². The fourth-order valence-electron chi connectivity index (χ4n) is 2.69. The fourth-order valence-corrected chi connectivity index (χ4v) is 2.69. The molecule has 0 aromatic heterocycles. The fraction of sp³-hybridized carbons (Fsp3) is 0.316. The SMILES string of the molecule is COc1ccc([C@@H](C[NH2+]CC(=O)Nc2ccccc2F)[NH+](C)C)cc1. The van der Waals surface area contributed by atoms with Crippen LogP contribution in [0.2, 0.25) is 0 Å². The van der Waals surface area contributed by atoms with Crippen molar-refractivity contribution in [1.29, 1.82) is 0 Å². The first-order valence-electron chi connectivity index (χ1n) is 8.31. The monoisotopic (exact) mass is 347 g/mol. The molecular weight excluding hydrogens is 321 g/mol. The molecule has 134 valence electrons. The number of anilines is 1. The Balaban J connectivity index is 1.88. The van der Waals surface area contributed by atoms with Gasteiger partial charge in [0, 0.05) is 5.56 Å². The number of para-hydroxylation sites is 1. The van der Waals surface area contributed by atoms with Crippen LogP contribution in [0.4, 0.5) is 10.1 Å². The van der Waals surface area contributed by atoms with E-state index < -0.39 is 5.82 Å². The molecule has 0 saturated heterocycles. The number of amides is 1. The highest BCUT2D eigenvalue weighted by molar-refractivity contribution is 5.91. The number of quaternary nitrogens is 2. The van der Waals surface area contributed by atoms with Gasteiger partial charge in [0.2, 0.25) is 0 Å². The third kappa shape index (κ3) is 5.55. The number of hydrogen-bond acceptors (Lipinski definition) is 2. The Labute approximate surface area is 147 Å². The van der Waals surface area contributed by atoms with Crippen LogP contribution < -0.4 is 20.3 Å². The van der Waals surface area contributed by atoms with Crippen molar-refractivity contribution in [3.63, 3.8) is 0 Å². The van der Waals surface area contributed by atoms with E-state index in [1.807, 2.05) is 29.6 Å². The second-order valence-electron chi connectivity index (χ2n) is 6.16. The molecular formula is C19H26FN3O2+2. The lowest BCUT2D eigenvalue weighted by Gasteiger charge is -2.20. The maximum atomic E-state index is 13.6. The molecule has 0 fully saturated rings. The van der Waals surface area contributed by atoms with E-state index in [9.17, 15) is 9.18 Å². The summed E-state index contributed by atoms with van der Waals surface area (Å²) in [5, 5.41) is 4.54. The number of likely N-dealkylation sites (N-methyl/N-ethyl adjacent to an activating group) is 1. The largest absolute Gasteiger partial charge is 0.497 e. The highest BCUT2D eigenvalue weighted by Crippen LogP contribution is 2.15. The van der Waals surface area contributed by atoms with Gasteiger partial charge in [0.15, 0.2) is 12.6 Å². The first-order valence-corrected chi connectivity index (χ1v) is 8.31. The average Bonchev–Trinajstić information content (AvgIpc) is 2.60. The molecule has 0 heterocycles. The Bertz CT molecular complexity index is 689. The number of carbonyl (C=O) groups is 1. The lowest BCUT2D eigenvalue weighted by atomic mass is 10.1. The summed E-state index contributed by atoms with van der Waals surface area (Å²) in [5.41, 5.74) is 1.40. The molecule has 0 aliphatic rings. The van der Waals surface area contributed by atoms with Gasteiger partial charge < -0.3 is 20.3 Å². The van der Waals surface area contributed by atoms with Crippen LogP contribution >= 0.6 is 0 Å². The van der Waals surface area contributed by atoms with E-state index >= 15 is 0 Å². The Kier molecular flexibility index (Phi) is 6.91. The van der Waals surface area contributed by atoms with E-state index in [4.69, 9.17) is 4.74 Å². The Morgan fingerprint density at radius 2 is 1.88 bits per heavy atom. The summed E-state index contributed by atoms with van der Waals surface area (Å²) in [6.07, 6.45) is 0. The molecule has 0 saturated carbocycles. The Morgan fingerprint density at radius 3 is 2.48 bits per heavy atom. The van der Waals surface area contributed by atoms with Gasteiger partial charge >= 0.3 is 0 Å². The second-order valence-corrected chi connectivity index (χ2v) is 6.16. The van der Waals surface area contributed by atoms with Crippen molar-refractivity contribution in [2.45, 2.75) is 6.04 Å². The number of benzene rings is 2. The molecule has 0 aliphatic carbocycles. The zero-order valence-corrected chi connectivity index (χ0v) is 14.9.